The Hall–Kier alpha value is -4.01. The van der Waals surface area contributed by atoms with E-state index in [-0.39, 0.29) is 5.56 Å². The molecule has 0 fully saturated rings. The van der Waals surface area contributed by atoms with E-state index in [1.807, 2.05) is 25.3 Å². The van der Waals surface area contributed by atoms with Crippen molar-refractivity contribution < 1.29 is 4.74 Å². The van der Waals surface area contributed by atoms with Gasteiger partial charge in [-0.2, -0.15) is 4.52 Å². The number of rotatable bonds is 4. The van der Waals surface area contributed by atoms with Gasteiger partial charge in [-0.1, -0.05) is 0 Å². The average Bonchev–Trinajstić information content (AvgIpc) is 2.78. The van der Waals surface area contributed by atoms with Gasteiger partial charge in [0.15, 0.2) is 11.5 Å². The molecule has 0 bridgehead atoms. The minimum atomic E-state index is -0.191. The summed E-state index contributed by atoms with van der Waals surface area (Å²) >= 11 is 0. The van der Waals surface area contributed by atoms with Crippen LogP contribution in [-0.2, 0) is 13.0 Å². The number of nitrogens with one attached hydrogen (secondary N) is 1. The normalized spacial score (nSPS) is 13.2. The third-order valence-corrected chi connectivity index (χ3v) is 5.32. The second-order valence-electron chi connectivity index (χ2n) is 7.44. The maximum absolute atomic E-state index is 12.2. The van der Waals surface area contributed by atoms with E-state index in [1.54, 1.807) is 19.5 Å². The lowest BCUT2D eigenvalue weighted by atomic mass is 10.0. The highest BCUT2D eigenvalue weighted by Gasteiger charge is 2.21. The SMILES string of the molecule is COc1cncc(Nc2cnc3c(c2)CN(c2nn4c(=O)ccnc4cc2C)CC3)c1. The van der Waals surface area contributed by atoms with Crippen molar-refractivity contribution >= 4 is 22.8 Å². The van der Waals surface area contributed by atoms with E-state index >= 15 is 0 Å². The Kier molecular flexibility index (Phi) is 4.70. The van der Waals surface area contributed by atoms with Crippen LogP contribution in [-0.4, -0.2) is 38.2 Å². The van der Waals surface area contributed by atoms with Crippen molar-refractivity contribution in [1.82, 2.24) is 24.6 Å². The number of nitrogens with zero attached hydrogens (tertiary/aromatic N) is 6. The lowest BCUT2D eigenvalue weighted by molar-refractivity contribution is 0.413. The van der Waals surface area contributed by atoms with E-state index in [9.17, 15) is 4.79 Å². The molecule has 9 heteroatoms. The summed E-state index contributed by atoms with van der Waals surface area (Å²) in [5.41, 5.74) is 5.22. The van der Waals surface area contributed by atoms with Gasteiger partial charge in [0.05, 0.1) is 37.1 Å². The number of aryl methyl sites for hydroxylation is 1. The van der Waals surface area contributed by atoms with Crippen LogP contribution in [0.25, 0.3) is 5.65 Å². The number of anilines is 3. The molecule has 0 atom stereocenters. The molecular weight excluding hydrogens is 394 g/mol. The fraction of sp³-hybridized carbons (Fsp3) is 0.227. The molecule has 4 aromatic heterocycles. The predicted octanol–water partition coefficient (Wildman–Crippen LogP) is 2.50. The van der Waals surface area contributed by atoms with Crippen LogP contribution in [0.15, 0.2) is 53.8 Å². The highest BCUT2D eigenvalue weighted by Crippen LogP contribution is 2.27. The van der Waals surface area contributed by atoms with Gasteiger partial charge in [-0.05, 0) is 30.2 Å². The number of hydrogen-bond donors (Lipinski definition) is 1. The maximum atomic E-state index is 12.2. The third kappa shape index (κ3) is 3.65. The molecule has 1 aliphatic rings. The second kappa shape index (κ2) is 7.67. The smallest absolute Gasteiger partial charge is 0.274 e. The quantitative estimate of drug-likeness (QED) is 0.543. The molecule has 9 nitrogen and oxygen atoms in total. The number of fused-ring (bicyclic) bond motifs is 2. The molecule has 0 saturated carbocycles. The molecule has 1 N–H and O–H groups in total. The van der Waals surface area contributed by atoms with Crippen LogP contribution in [0.4, 0.5) is 17.2 Å². The Morgan fingerprint density at radius 2 is 1.97 bits per heavy atom. The first-order valence-corrected chi connectivity index (χ1v) is 9.95. The summed E-state index contributed by atoms with van der Waals surface area (Å²) in [4.78, 5) is 27.4. The highest BCUT2D eigenvalue weighted by molar-refractivity contribution is 5.61. The van der Waals surface area contributed by atoms with Crippen molar-refractivity contribution in [2.45, 2.75) is 19.9 Å². The van der Waals surface area contributed by atoms with Gasteiger partial charge >= 0.3 is 0 Å². The Bertz CT molecular complexity index is 1340. The number of methoxy groups -OCH3 is 1. The molecule has 31 heavy (non-hydrogen) atoms. The first-order chi connectivity index (χ1) is 15.1. The summed E-state index contributed by atoms with van der Waals surface area (Å²) in [6.45, 7) is 3.42. The van der Waals surface area contributed by atoms with Crippen LogP contribution < -0.4 is 20.5 Å². The zero-order valence-electron chi connectivity index (χ0n) is 17.2. The van der Waals surface area contributed by atoms with E-state index in [4.69, 9.17) is 4.74 Å². The number of hydrogen-bond acceptors (Lipinski definition) is 8. The van der Waals surface area contributed by atoms with Gasteiger partial charge in [0.1, 0.15) is 5.75 Å². The summed E-state index contributed by atoms with van der Waals surface area (Å²) in [6.07, 6.45) is 7.54. The Morgan fingerprint density at radius 1 is 1.10 bits per heavy atom. The summed E-state index contributed by atoms with van der Waals surface area (Å²) in [6, 6.07) is 7.29. The van der Waals surface area contributed by atoms with Gasteiger partial charge in [-0.15, -0.1) is 5.10 Å². The molecule has 5 heterocycles. The first kappa shape index (κ1) is 19.0. The number of ether oxygens (including phenoxy) is 1. The summed E-state index contributed by atoms with van der Waals surface area (Å²) in [5, 5.41) is 7.92. The van der Waals surface area contributed by atoms with Crippen molar-refractivity contribution in [2.24, 2.45) is 0 Å². The molecule has 156 valence electrons. The fourth-order valence-electron chi connectivity index (χ4n) is 3.80. The third-order valence-electron chi connectivity index (χ3n) is 5.32. The molecule has 1 aliphatic heterocycles. The molecule has 0 unspecified atom stereocenters. The van der Waals surface area contributed by atoms with Crippen molar-refractivity contribution in [3.63, 3.8) is 0 Å². The van der Waals surface area contributed by atoms with Crippen LogP contribution in [0.5, 0.6) is 5.75 Å². The Balaban J connectivity index is 1.44. The van der Waals surface area contributed by atoms with Gasteiger partial charge in [-0.3, -0.25) is 14.8 Å². The molecule has 0 aliphatic carbocycles. The molecule has 0 radical (unpaired) electrons. The van der Waals surface area contributed by atoms with Crippen molar-refractivity contribution in [2.75, 3.05) is 23.9 Å². The van der Waals surface area contributed by atoms with Crippen LogP contribution in [0.3, 0.4) is 0 Å². The average molecular weight is 415 g/mol. The largest absolute Gasteiger partial charge is 0.495 e. The summed E-state index contributed by atoms with van der Waals surface area (Å²) < 4.78 is 6.59. The van der Waals surface area contributed by atoms with Gasteiger partial charge in [0.2, 0.25) is 0 Å². The zero-order chi connectivity index (χ0) is 21.4. The van der Waals surface area contributed by atoms with Crippen LogP contribution in [0.2, 0.25) is 0 Å². The lowest BCUT2D eigenvalue weighted by Crippen LogP contribution is -2.33. The Morgan fingerprint density at radius 3 is 2.84 bits per heavy atom. The fourth-order valence-corrected chi connectivity index (χ4v) is 3.80. The van der Waals surface area contributed by atoms with E-state index in [0.29, 0.717) is 17.9 Å². The standard InChI is InChI=1S/C22H21N7O2/c1-14-7-20-24-5-3-21(30)29(20)27-22(14)28-6-4-19-15(13-28)8-16(11-25-19)26-17-9-18(31-2)12-23-10-17/h3,5,7-12,26H,4,6,13H2,1-2H3. The van der Waals surface area contributed by atoms with Crippen LogP contribution in [0, 0.1) is 6.92 Å². The second-order valence-corrected chi connectivity index (χ2v) is 7.44. The number of aromatic nitrogens is 5. The zero-order valence-corrected chi connectivity index (χ0v) is 17.2. The molecule has 4 aromatic rings. The van der Waals surface area contributed by atoms with Crippen molar-refractivity contribution in [3.05, 3.63) is 76.2 Å². The lowest BCUT2D eigenvalue weighted by Gasteiger charge is -2.30. The molecule has 5 rings (SSSR count). The van der Waals surface area contributed by atoms with Crippen molar-refractivity contribution in [1.29, 1.82) is 0 Å². The van der Waals surface area contributed by atoms with Gasteiger partial charge < -0.3 is 15.0 Å². The monoisotopic (exact) mass is 415 g/mol. The van der Waals surface area contributed by atoms with E-state index in [2.05, 4.69) is 36.3 Å². The van der Waals surface area contributed by atoms with E-state index in [0.717, 1.165) is 47.0 Å². The minimum Gasteiger partial charge on any atom is -0.495 e. The Labute approximate surface area is 178 Å². The molecule has 0 spiro atoms. The van der Waals surface area contributed by atoms with Crippen LogP contribution >= 0.6 is 0 Å². The highest BCUT2D eigenvalue weighted by atomic mass is 16.5. The molecular formula is C22H21N7O2. The summed E-state index contributed by atoms with van der Waals surface area (Å²) in [7, 11) is 1.61. The topological polar surface area (TPSA) is 97.5 Å². The van der Waals surface area contributed by atoms with E-state index in [1.165, 1.54) is 16.8 Å². The predicted molar refractivity (Wildman–Crippen MR) is 117 cm³/mol. The first-order valence-electron chi connectivity index (χ1n) is 9.95. The molecule has 0 aromatic carbocycles. The van der Waals surface area contributed by atoms with Gasteiger partial charge in [0, 0.05) is 43.5 Å². The van der Waals surface area contributed by atoms with Gasteiger partial charge in [0.25, 0.3) is 5.56 Å². The summed E-state index contributed by atoms with van der Waals surface area (Å²) in [5.74, 6) is 1.47. The van der Waals surface area contributed by atoms with Gasteiger partial charge in [-0.25, -0.2) is 4.98 Å². The molecule has 0 amide bonds. The number of pyridine rings is 2. The maximum Gasteiger partial charge on any atom is 0.274 e. The minimum absolute atomic E-state index is 0.191. The van der Waals surface area contributed by atoms with Crippen molar-refractivity contribution in [3.8, 4) is 5.75 Å². The molecule has 0 saturated heterocycles. The van der Waals surface area contributed by atoms with Crippen LogP contribution in [0.1, 0.15) is 16.8 Å². The van der Waals surface area contributed by atoms with E-state index < -0.39 is 0 Å².